The van der Waals surface area contributed by atoms with Crippen molar-refractivity contribution in [3.63, 3.8) is 0 Å². The highest BCUT2D eigenvalue weighted by Crippen LogP contribution is 2.22. The van der Waals surface area contributed by atoms with Crippen LogP contribution in [0.2, 0.25) is 0 Å². The van der Waals surface area contributed by atoms with Gasteiger partial charge in [-0.25, -0.2) is 9.97 Å². The van der Waals surface area contributed by atoms with Crippen LogP contribution in [0.3, 0.4) is 0 Å². The van der Waals surface area contributed by atoms with Gasteiger partial charge in [-0.1, -0.05) is 24.3 Å². The van der Waals surface area contributed by atoms with Gasteiger partial charge in [0.05, 0.1) is 26.3 Å². The molecule has 132 valence electrons. The molecule has 2 heterocycles. The molecule has 0 aliphatic carbocycles. The van der Waals surface area contributed by atoms with Crippen molar-refractivity contribution in [1.82, 2.24) is 20.3 Å². The molecule has 0 saturated heterocycles. The van der Waals surface area contributed by atoms with E-state index < -0.39 is 0 Å². The third kappa shape index (κ3) is 3.91. The fourth-order valence-corrected chi connectivity index (χ4v) is 3.97. The minimum Gasteiger partial charge on any atom is -0.356 e. The number of H-pyrrole nitrogens is 1. The number of para-hydroxylation sites is 3. The Morgan fingerprint density at radius 2 is 1.81 bits per heavy atom. The highest BCUT2D eigenvalue weighted by molar-refractivity contribution is 7.18. The summed E-state index contributed by atoms with van der Waals surface area (Å²) in [6, 6.07) is 16.1. The molecular formula is C20H20N4OS. The van der Waals surface area contributed by atoms with Crippen molar-refractivity contribution in [2.45, 2.75) is 25.7 Å². The van der Waals surface area contributed by atoms with Gasteiger partial charge in [0.25, 0.3) is 0 Å². The Labute approximate surface area is 155 Å². The zero-order chi connectivity index (χ0) is 17.8. The highest BCUT2D eigenvalue weighted by atomic mass is 32.1. The molecule has 0 aliphatic heterocycles. The van der Waals surface area contributed by atoms with Gasteiger partial charge in [-0.2, -0.15) is 0 Å². The molecule has 0 aliphatic rings. The molecule has 0 unspecified atom stereocenters. The zero-order valence-electron chi connectivity index (χ0n) is 14.4. The van der Waals surface area contributed by atoms with Crippen LogP contribution in [0.1, 0.15) is 23.7 Å². The average molecular weight is 364 g/mol. The van der Waals surface area contributed by atoms with E-state index in [1.165, 1.54) is 4.70 Å². The molecule has 2 aromatic carbocycles. The molecule has 5 nitrogen and oxygen atoms in total. The van der Waals surface area contributed by atoms with Crippen LogP contribution >= 0.6 is 11.3 Å². The van der Waals surface area contributed by atoms with Gasteiger partial charge in [0.1, 0.15) is 5.82 Å². The number of aromatic amines is 1. The molecule has 4 aromatic rings. The first-order valence-electron chi connectivity index (χ1n) is 8.83. The van der Waals surface area contributed by atoms with Crippen molar-refractivity contribution in [3.8, 4) is 0 Å². The quantitative estimate of drug-likeness (QED) is 0.523. The first kappa shape index (κ1) is 16.7. The smallest absolute Gasteiger partial charge is 0.220 e. The highest BCUT2D eigenvalue weighted by Gasteiger charge is 2.06. The van der Waals surface area contributed by atoms with Gasteiger partial charge >= 0.3 is 0 Å². The second kappa shape index (κ2) is 7.66. The Hall–Kier alpha value is -2.73. The largest absolute Gasteiger partial charge is 0.356 e. The van der Waals surface area contributed by atoms with Crippen LogP contribution in [0.15, 0.2) is 48.5 Å². The number of hydrogen-bond donors (Lipinski definition) is 2. The monoisotopic (exact) mass is 364 g/mol. The van der Waals surface area contributed by atoms with E-state index in [1.54, 1.807) is 11.3 Å². The molecule has 1 amide bonds. The number of aromatic nitrogens is 3. The summed E-state index contributed by atoms with van der Waals surface area (Å²) in [7, 11) is 0. The molecule has 2 aromatic heterocycles. The first-order chi connectivity index (χ1) is 12.8. The van der Waals surface area contributed by atoms with Crippen LogP contribution in [-0.2, 0) is 17.6 Å². The van der Waals surface area contributed by atoms with Crippen molar-refractivity contribution < 1.29 is 4.79 Å². The normalized spacial score (nSPS) is 11.2. The third-order valence-corrected chi connectivity index (χ3v) is 5.35. The maximum absolute atomic E-state index is 12.0. The Balaban J connectivity index is 1.20. The summed E-state index contributed by atoms with van der Waals surface area (Å²) in [5.41, 5.74) is 3.04. The van der Waals surface area contributed by atoms with Crippen LogP contribution in [0.5, 0.6) is 0 Å². The molecular weight excluding hydrogens is 344 g/mol. The number of rotatable bonds is 7. The molecule has 4 rings (SSSR count). The fourth-order valence-electron chi connectivity index (χ4n) is 2.96. The third-order valence-electron chi connectivity index (χ3n) is 4.26. The summed E-state index contributed by atoms with van der Waals surface area (Å²) in [6.07, 6.45) is 2.89. The van der Waals surface area contributed by atoms with Crippen LogP contribution in [0, 0.1) is 0 Å². The summed E-state index contributed by atoms with van der Waals surface area (Å²) >= 11 is 1.71. The van der Waals surface area contributed by atoms with E-state index >= 15 is 0 Å². The maximum Gasteiger partial charge on any atom is 0.220 e. The summed E-state index contributed by atoms with van der Waals surface area (Å²) < 4.78 is 1.21. The van der Waals surface area contributed by atoms with Crippen LogP contribution < -0.4 is 5.32 Å². The zero-order valence-corrected chi connectivity index (χ0v) is 15.2. The molecule has 0 bridgehead atoms. The van der Waals surface area contributed by atoms with Crippen molar-refractivity contribution in [1.29, 1.82) is 0 Å². The van der Waals surface area contributed by atoms with E-state index in [4.69, 9.17) is 0 Å². The topological polar surface area (TPSA) is 70.7 Å². The van der Waals surface area contributed by atoms with Crippen LogP contribution in [0.25, 0.3) is 21.3 Å². The number of carbonyl (C=O) groups is 1. The Morgan fingerprint density at radius 3 is 2.65 bits per heavy atom. The van der Waals surface area contributed by atoms with Crippen LogP contribution in [-0.4, -0.2) is 27.4 Å². The number of hydrogen-bond acceptors (Lipinski definition) is 4. The van der Waals surface area contributed by atoms with E-state index in [-0.39, 0.29) is 5.91 Å². The van der Waals surface area contributed by atoms with E-state index in [0.717, 1.165) is 40.2 Å². The average Bonchev–Trinajstić information content (AvgIpc) is 3.24. The van der Waals surface area contributed by atoms with Crippen molar-refractivity contribution in [2.24, 2.45) is 0 Å². The lowest BCUT2D eigenvalue weighted by atomic mass is 10.2. The number of amides is 1. The number of imidazole rings is 1. The predicted molar refractivity (Wildman–Crippen MR) is 105 cm³/mol. The minimum atomic E-state index is 0.0854. The molecule has 0 atom stereocenters. The van der Waals surface area contributed by atoms with Gasteiger partial charge in [-0.3, -0.25) is 4.79 Å². The number of fused-ring (bicyclic) bond motifs is 2. The molecule has 0 saturated carbocycles. The number of benzene rings is 2. The lowest BCUT2D eigenvalue weighted by Crippen LogP contribution is -2.25. The minimum absolute atomic E-state index is 0.0854. The summed E-state index contributed by atoms with van der Waals surface area (Å²) in [5.74, 6) is 0.989. The van der Waals surface area contributed by atoms with Crippen molar-refractivity contribution in [2.75, 3.05) is 6.54 Å². The number of carbonyl (C=O) groups excluding carboxylic acids is 1. The first-order valence-corrected chi connectivity index (χ1v) is 9.64. The standard InChI is InChI=1S/C20H20N4OS/c25-19(10-5-11-20-24-16-8-3-4-9-17(16)26-20)21-13-12-18-22-14-6-1-2-7-15(14)23-18/h1-4,6-9H,5,10-13H2,(H,21,25)(H,22,23). The lowest BCUT2D eigenvalue weighted by molar-refractivity contribution is -0.121. The second-order valence-electron chi connectivity index (χ2n) is 6.23. The Bertz CT molecular complexity index is 888. The SMILES string of the molecule is O=C(CCCc1nc2ccccc2s1)NCCc1nc2ccccc2[nH]1. The predicted octanol–water partition coefficient (Wildman–Crippen LogP) is 3.85. The van der Waals surface area contributed by atoms with Gasteiger partial charge < -0.3 is 10.3 Å². The van der Waals surface area contributed by atoms with E-state index in [9.17, 15) is 4.79 Å². The van der Waals surface area contributed by atoms with Gasteiger partial charge in [0.2, 0.25) is 5.91 Å². The van der Waals surface area contributed by atoms with Gasteiger partial charge in [-0.15, -0.1) is 11.3 Å². The number of nitrogens with zero attached hydrogens (tertiary/aromatic N) is 2. The van der Waals surface area contributed by atoms with Crippen molar-refractivity contribution in [3.05, 3.63) is 59.4 Å². The molecule has 6 heteroatoms. The van der Waals surface area contributed by atoms with Gasteiger partial charge in [0, 0.05) is 19.4 Å². The van der Waals surface area contributed by atoms with Crippen molar-refractivity contribution >= 4 is 38.5 Å². The van der Waals surface area contributed by atoms with Crippen LogP contribution in [0.4, 0.5) is 0 Å². The second-order valence-corrected chi connectivity index (χ2v) is 7.34. The van der Waals surface area contributed by atoms with Gasteiger partial charge in [0.15, 0.2) is 0 Å². The Morgan fingerprint density at radius 1 is 1.00 bits per heavy atom. The summed E-state index contributed by atoms with van der Waals surface area (Å²) in [4.78, 5) is 24.4. The number of thiazole rings is 1. The summed E-state index contributed by atoms with van der Waals surface area (Å²) in [5, 5.41) is 4.07. The van der Waals surface area contributed by atoms with E-state index in [1.807, 2.05) is 42.5 Å². The fraction of sp³-hybridized carbons (Fsp3) is 0.250. The van der Waals surface area contributed by atoms with E-state index in [0.29, 0.717) is 19.4 Å². The molecule has 0 spiro atoms. The lowest BCUT2D eigenvalue weighted by Gasteiger charge is -2.03. The summed E-state index contributed by atoms with van der Waals surface area (Å²) in [6.45, 7) is 0.597. The molecule has 0 fully saturated rings. The Kier molecular flexibility index (Phi) is 4.93. The number of aryl methyl sites for hydroxylation is 1. The van der Waals surface area contributed by atoms with Gasteiger partial charge in [-0.05, 0) is 37.1 Å². The molecule has 2 N–H and O–H groups in total. The maximum atomic E-state index is 12.0. The molecule has 0 radical (unpaired) electrons. The molecule has 26 heavy (non-hydrogen) atoms. The number of nitrogens with one attached hydrogen (secondary N) is 2. The van der Waals surface area contributed by atoms with E-state index in [2.05, 4.69) is 26.3 Å².